The maximum absolute atomic E-state index is 13.6. The number of nitrogens with two attached hydrogens (primary N) is 1. The van der Waals surface area contributed by atoms with Crippen LogP contribution in [0.4, 0.5) is 22.0 Å². The summed E-state index contributed by atoms with van der Waals surface area (Å²) in [5.41, 5.74) is 5.81. The average Bonchev–Trinajstić information content (AvgIpc) is 2.41. The van der Waals surface area contributed by atoms with Crippen LogP contribution in [0.3, 0.4) is 0 Å². The van der Waals surface area contributed by atoms with Gasteiger partial charge in [0.2, 0.25) is 0 Å². The van der Waals surface area contributed by atoms with E-state index in [4.69, 9.17) is 5.73 Å². The van der Waals surface area contributed by atoms with Gasteiger partial charge in [-0.1, -0.05) is 12.1 Å². The maximum Gasteiger partial charge on any atom is 0.393 e. The monoisotopic (exact) mass is 308 g/mol. The van der Waals surface area contributed by atoms with Crippen LogP contribution < -0.4 is 5.73 Å². The van der Waals surface area contributed by atoms with Crippen molar-refractivity contribution in [1.82, 2.24) is 4.90 Å². The maximum atomic E-state index is 13.6. The van der Waals surface area contributed by atoms with Crippen molar-refractivity contribution in [1.29, 1.82) is 0 Å². The third-order valence-electron chi connectivity index (χ3n) is 3.80. The number of alkyl halides is 3. The van der Waals surface area contributed by atoms with E-state index in [1.807, 2.05) is 0 Å². The molecular weight excluding hydrogens is 291 g/mol. The number of piperidine rings is 1. The molecule has 1 aliphatic rings. The van der Waals surface area contributed by atoms with E-state index >= 15 is 0 Å². The highest BCUT2D eigenvalue weighted by molar-refractivity contribution is 5.22. The summed E-state index contributed by atoms with van der Waals surface area (Å²) in [6, 6.07) is 2.82. The normalized spacial score (nSPS) is 22.3. The average molecular weight is 308 g/mol. The summed E-state index contributed by atoms with van der Waals surface area (Å²) in [5, 5.41) is 0. The number of halogens is 5. The lowest BCUT2D eigenvalue weighted by molar-refractivity contribution is -0.186. The van der Waals surface area contributed by atoms with Crippen LogP contribution in [0.5, 0.6) is 0 Å². The molecule has 1 heterocycles. The van der Waals surface area contributed by atoms with Crippen LogP contribution in [0, 0.1) is 17.6 Å². The second-order valence-electron chi connectivity index (χ2n) is 5.39. The Labute approximate surface area is 119 Å². The first-order chi connectivity index (χ1) is 9.79. The summed E-state index contributed by atoms with van der Waals surface area (Å²) in [4.78, 5) is 1.57. The molecule has 1 aliphatic heterocycles. The Hall–Kier alpha value is -1.21. The van der Waals surface area contributed by atoms with Gasteiger partial charge in [0.1, 0.15) is 0 Å². The molecule has 0 aromatic heterocycles. The number of likely N-dealkylation sites (tertiary alicyclic amines) is 1. The Morgan fingerprint density at radius 1 is 1.29 bits per heavy atom. The largest absolute Gasteiger partial charge is 0.393 e. The molecule has 1 saturated heterocycles. The molecular formula is C14H17F5N2. The second kappa shape index (κ2) is 6.27. The minimum Gasteiger partial charge on any atom is -0.323 e. The lowest BCUT2D eigenvalue weighted by Gasteiger charge is -2.35. The zero-order chi connectivity index (χ0) is 15.6. The summed E-state index contributed by atoms with van der Waals surface area (Å²) in [6.45, 7) is 0.415. The SMILES string of the molecule is NC(CN1CCCC(C(F)(F)F)C1)c1cccc(F)c1F. The Bertz CT molecular complexity index is 489. The van der Waals surface area contributed by atoms with Crippen molar-refractivity contribution in [3.63, 3.8) is 0 Å². The fraction of sp³-hybridized carbons (Fsp3) is 0.571. The molecule has 0 bridgehead atoms. The number of rotatable bonds is 3. The molecule has 2 unspecified atom stereocenters. The van der Waals surface area contributed by atoms with Gasteiger partial charge in [-0.15, -0.1) is 0 Å². The predicted octanol–water partition coefficient (Wildman–Crippen LogP) is 3.24. The van der Waals surface area contributed by atoms with Gasteiger partial charge in [0.15, 0.2) is 11.6 Å². The fourth-order valence-electron chi connectivity index (χ4n) is 2.67. The van der Waals surface area contributed by atoms with Gasteiger partial charge in [-0.25, -0.2) is 8.78 Å². The minimum atomic E-state index is -4.23. The van der Waals surface area contributed by atoms with Crippen LogP contribution in [0.15, 0.2) is 18.2 Å². The van der Waals surface area contributed by atoms with Gasteiger partial charge >= 0.3 is 6.18 Å². The topological polar surface area (TPSA) is 29.3 Å². The second-order valence-corrected chi connectivity index (χ2v) is 5.39. The molecule has 21 heavy (non-hydrogen) atoms. The lowest BCUT2D eigenvalue weighted by atomic mass is 9.96. The van der Waals surface area contributed by atoms with Gasteiger partial charge in [0.05, 0.1) is 5.92 Å². The Kier molecular flexibility index (Phi) is 4.83. The Morgan fingerprint density at radius 2 is 2.00 bits per heavy atom. The molecule has 0 radical (unpaired) electrons. The third-order valence-corrected chi connectivity index (χ3v) is 3.80. The van der Waals surface area contributed by atoms with E-state index in [0.717, 1.165) is 6.07 Å². The van der Waals surface area contributed by atoms with Crippen LogP contribution in [-0.4, -0.2) is 30.7 Å². The van der Waals surface area contributed by atoms with Crippen molar-refractivity contribution in [2.45, 2.75) is 25.1 Å². The highest BCUT2D eigenvalue weighted by Gasteiger charge is 2.41. The number of benzene rings is 1. The summed E-state index contributed by atoms with van der Waals surface area (Å²) in [5.74, 6) is -3.42. The predicted molar refractivity (Wildman–Crippen MR) is 68.5 cm³/mol. The van der Waals surface area contributed by atoms with Crippen LogP contribution in [-0.2, 0) is 0 Å². The van der Waals surface area contributed by atoms with E-state index in [0.29, 0.717) is 13.0 Å². The smallest absolute Gasteiger partial charge is 0.323 e. The molecule has 1 aromatic rings. The molecule has 7 heteroatoms. The molecule has 0 amide bonds. The van der Waals surface area contributed by atoms with E-state index < -0.39 is 29.8 Å². The number of hydrogen-bond donors (Lipinski definition) is 1. The van der Waals surface area contributed by atoms with Crippen molar-refractivity contribution < 1.29 is 22.0 Å². The first kappa shape index (κ1) is 16.2. The van der Waals surface area contributed by atoms with E-state index in [9.17, 15) is 22.0 Å². The fourth-order valence-corrected chi connectivity index (χ4v) is 2.67. The molecule has 1 fully saturated rings. The molecule has 2 N–H and O–H groups in total. The highest BCUT2D eigenvalue weighted by atomic mass is 19.4. The van der Waals surface area contributed by atoms with Gasteiger partial charge in [0, 0.05) is 24.7 Å². The number of nitrogens with zero attached hydrogens (tertiary/aromatic N) is 1. The first-order valence-corrected chi connectivity index (χ1v) is 6.77. The molecule has 0 spiro atoms. The number of hydrogen-bond acceptors (Lipinski definition) is 2. The van der Waals surface area contributed by atoms with Crippen LogP contribution >= 0.6 is 0 Å². The Balaban J connectivity index is 2.02. The van der Waals surface area contributed by atoms with E-state index in [1.165, 1.54) is 12.1 Å². The summed E-state index contributed by atoms with van der Waals surface area (Å²) >= 11 is 0. The van der Waals surface area contributed by atoms with E-state index in [2.05, 4.69) is 0 Å². The van der Waals surface area contributed by atoms with E-state index in [-0.39, 0.29) is 25.1 Å². The highest BCUT2D eigenvalue weighted by Crippen LogP contribution is 2.33. The summed E-state index contributed by atoms with van der Waals surface area (Å²) in [7, 11) is 0. The van der Waals surface area contributed by atoms with Crippen LogP contribution in [0.1, 0.15) is 24.4 Å². The van der Waals surface area contributed by atoms with Crippen molar-refractivity contribution >= 4 is 0 Å². The zero-order valence-electron chi connectivity index (χ0n) is 11.3. The quantitative estimate of drug-likeness (QED) is 0.869. The van der Waals surface area contributed by atoms with Crippen molar-refractivity contribution in [3.8, 4) is 0 Å². The van der Waals surface area contributed by atoms with Gasteiger partial charge in [0.25, 0.3) is 0 Å². The third kappa shape index (κ3) is 3.91. The van der Waals surface area contributed by atoms with Crippen molar-refractivity contribution in [2.75, 3.05) is 19.6 Å². The first-order valence-electron chi connectivity index (χ1n) is 6.77. The molecule has 0 aliphatic carbocycles. The van der Waals surface area contributed by atoms with Crippen molar-refractivity contribution in [3.05, 3.63) is 35.4 Å². The van der Waals surface area contributed by atoms with E-state index in [1.54, 1.807) is 4.90 Å². The summed E-state index contributed by atoms with van der Waals surface area (Å²) in [6.07, 6.45) is -3.71. The molecule has 2 atom stereocenters. The van der Waals surface area contributed by atoms with Gasteiger partial charge in [-0.05, 0) is 25.5 Å². The zero-order valence-corrected chi connectivity index (χ0v) is 11.3. The minimum absolute atomic E-state index is 0.0101. The molecule has 118 valence electrons. The van der Waals surface area contributed by atoms with Crippen LogP contribution in [0.25, 0.3) is 0 Å². The van der Waals surface area contributed by atoms with Gasteiger partial charge in [-0.3, -0.25) is 0 Å². The molecule has 1 aromatic carbocycles. The van der Waals surface area contributed by atoms with Gasteiger partial charge in [-0.2, -0.15) is 13.2 Å². The summed E-state index contributed by atoms with van der Waals surface area (Å²) < 4.78 is 64.9. The van der Waals surface area contributed by atoms with Gasteiger partial charge < -0.3 is 10.6 Å². The molecule has 0 saturated carbocycles. The van der Waals surface area contributed by atoms with Crippen molar-refractivity contribution in [2.24, 2.45) is 11.7 Å². The lowest BCUT2D eigenvalue weighted by Crippen LogP contribution is -2.44. The molecule has 2 rings (SSSR count). The standard InChI is InChI=1S/C14H17F5N2/c15-11-5-1-4-10(13(11)16)12(20)8-21-6-2-3-9(7-21)14(17,18)19/h1,4-5,9,12H,2-3,6-8,20H2. The molecule has 2 nitrogen and oxygen atoms in total. The Morgan fingerprint density at radius 3 is 2.67 bits per heavy atom. The van der Waals surface area contributed by atoms with Crippen LogP contribution in [0.2, 0.25) is 0 Å².